The van der Waals surface area contributed by atoms with E-state index in [1.54, 1.807) is 36.0 Å². The van der Waals surface area contributed by atoms with Crippen molar-refractivity contribution in [2.45, 2.75) is 18.8 Å². The summed E-state index contributed by atoms with van der Waals surface area (Å²) in [7, 11) is 1.78. The molecular weight excluding hydrogens is 354 g/mol. The normalized spacial score (nSPS) is 14.2. The lowest BCUT2D eigenvalue weighted by Crippen LogP contribution is -2.27. The van der Waals surface area contributed by atoms with E-state index in [0.29, 0.717) is 23.2 Å². The van der Waals surface area contributed by atoms with Crippen LogP contribution in [0, 0.1) is 12.3 Å². The summed E-state index contributed by atoms with van der Waals surface area (Å²) >= 11 is 0. The molecule has 1 fully saturated rings. The molecule has 0 unspecified atom stereocenters. The van der Waals surface area contributed by atoms with Gasteiger partial charge in [0.15, 0.2) is 5.82 Å². The van der Waals surface area contributed by atoms with Crippen molar-refractivity contribution in [1.29, 1.82) is 0 Å². The van der Waals surface area contributed by atoms with Crippen LogP contribution in [0.5, 0.6) is 5.75 Å². The van der Waals surface area contributed by atoms with E-state index in [9.17, 15) is 4.79 Å². The summed E-state index contributed by atoms with van der Waals surface area (Å²) in [6.45, 7) is 2.14. The predicted octanol–water partition coefficient (Wildman–Crippen LogP) is 1.97. The Bertz CT molecular complexity index is 776. The average molecular weight is 376 g/mol. The molecule has 26 heavy (non-hydrogen) atoms. The molecule has 0 spiro atoms. The number of anilines is 1. The van der Waals surface area contributed by atoms with Crippen molar-refractivity contribution in [3.63, 3.8) is 0 Å². The molecule has 2 heterocycles. The van der Waals surface area contributed by atoms with Crippen molar-refractivity contribution >= 4 is 24.3 Å². The van der Waals surface area contributed by atoms with Crippen molar-refractivity contribution in [3.8, 4) is 18.1 Å². The standard InChI is InChI=1S/C18H21N5O2.ClH/c1-3-12-25-15-6-4-14(5-7-15)17(24)21-18-20-16(22-23(18)2)13-8-10-19-11-9-13;/h1,4-7,13,19H,8-12H2,2H3,(H,20,21,22,24);1H. The molecule has 3 rings (SSSR count). The minimum Gasteiger partial charge on any atom is -0.481 e. The van der Waals surface area contributed by atoms with Crippen LogP contribution in [0.15, 0.2) is 24.3 Å². The number of nitrogens with one attached hydrogen (secondary N) is 2. The number of aromatic nitrogens is 3. The maximum absolute atomic E-state index is 12.4. The number of nitrogens with zero attached hydrogens (tertiary/aromatic N) is 3. The first-order valence-electron chi connectivity index (χ1n) is 8.26. The SMILES string of the molecule is C#CCOc1ccc(C(=O)Nc2nc(C3CCNCC3)nn2C)cc1.Cl. The molecule has 7 nitrogen and oxygen atoms in total. The van der Waals surface area contributed by atoms with Crippen LogP contribution in [0.1, 0.15) is 34.9 Å². The van der Waals surface area contributed by atoms with Crippen molar-refractivity contribution in [3.05, 3.63) is 35.7 Å². The van der Waals surface area contributed by atoms with Gasteiger partial charge in [-0.2, -0.15) is 10.1 Å². The van der Waals surface area contributed by atoms with Crippen LogP contribution in [-0.4, -0.2) is 40.4 Å². The molecule has 1 saturated heterocycles. The minimum absolute atomic E-state index is 0. The first kappa shape index (κ1) is 19.8. The van der Waals surface area contributed by atoms with Crippen LogP contribution >= 0.6 is 12.4 Å². The Labute approximate surface area is 158 Å². The number of hydrogen-bond acceptors (Lipinski definition) is 5. The number of halogens is 1. The van der Waals surface area contributed by atoms with Crippen LogP contribution in [0.3, 0.4) is 0 Å². The van der Waals surface area contributed by atoms with E-state index in [0.717, 1.165) is 31.8 Å². The number of terminal acetylenes is 1. The van der Waals surface area contributed by atoms with Crippen LogP contribution in [0.4, 0.5) is 5.95 Å². The smallest absolute Gasteiger partial charge is 0.258 e. The highest BCUT2D eigenvalue weighted by molar-refractivity contribution is 6.03. The van der Waals surface area contributed by atoms with Gasteiger partial charge in [-0.3, -0.25) is 10.1 Å². The van der Waals surface area contributed by atoms with Crippen molar-refractivity contribution in [2.75, 3.05) is 25.0 Å². The Morgan fingerprint density at radius 3 is 2.73 bits per heavy atom. The van der Waals surface area contributed by atoms with Crippen molar-refractivity contribution in [2.24, 2.45) is 7.05 Å². The summed E-state index contributed by atoms with van der Waals surface area (Å²) in [5.41, 5.74) is 0.513. The highest BCUT2D eigenvalue weighted by Gasteiger charge is 2.21. The van der Waals surface area contributed by atoms with Gasteiger partial charge >= 0.3 is 0 Å². The van der Waals surface area contributed by atoms with Gasteiger partial charge in [0, 0.05) is 18.5 Å². The number of hydrogen-bond donors (Lipinski definition) is 2. The second-order valence-corrected chi connectivity index (χ2v) is 5.91. The number of carbonyl (C=O) groups excluding carboxylic acids is 1. The van der Waals surface area contributed by atoms with E-state index in [-0.39, 0.29) is 24.9 Å². The summed E-state index contributed by atoms with van der Waals surface area (Å²) in [6, 6.07) is 6.79. The van der Waals surface area contributed by atoms with Crippen molar-refractivity contribution in [1.82, 2.24) is 20.1 Å². The Kier molecular flexibility index (Phi) is 7.01. The van der Waals surface area contributed by atoms with Gasteiger partial charge in [0.1, 0.15) is 12.4 Å². The van der Waals surface area contributed by atoms with Crippen LogP contribution in [0.25, 0.3) is 0 Å². The summed E-state index contributed by atoms with van der Waals surface area (Å²) in [6.07, 6.45) is 7.17. The summed E-state index contributed by atoms with van der Waals surface area (Å²) in [5, 5.41) is 10.6. The van der Waals surface area contributed by atoms with Gasteiger partial charge in [0.2, 0.25) is 5.95 Å². The molecule has 0 radical (unpaired) electrons. The first-order chi connectivity index (χ1) is 12.2. The molecule has 1 amide bonds. The maximum atomic E-state index is 12.4. The number of aryl methyl sites for hydroxylation is 1. The second-order valence-electron chi connectivity index (χ2n) is 5.91. The molecule has 0 saturated carbocycles. The Hall–Kier alpha value is -2.56. The quantitative estimate of drug-likeness (QED) is 0.781. The van der Waals surface area contributed by atoms with Gasteiger partial charge in [-0.15, -0.1) is 18.8 Å². The molecule has 1 aliphatic heterocycles. The monoisotopic (exact) mass is 375 g/mol. The molecule has 0 bridgehead atoms. The molecule has 1 aliphatic rings. The molecule has 1 aromatic heterocycles. The largest absolute Gasteiger partial charge is 0.481 e. The van der Waals surface area contributed by atoms with E-state index in [1.165, 1.54) is 0 Å². The second kappa shape index (κ2) is 9.22. The van der Waals surface area contributed by atoms with Gasteiger partial charge in [-0.1, -0.05) is 5.92 Å². The zero-order chi connectivity index (χ0) is 17.6. The third-order valence-electron chi connectivity index (χ3n) is 4.15. The highest BCUT2D eigenvalue weighted by Crippen LogP contribution is 2.23. The third kappa shape index (κ3) is 4.75. The van der Waals surface area contributed by atoms with E-state index < -0.39 is 0 Å². The Balaban J connectivity index is 0.00000243. The maximum Gasteiger partial charge on any atom is 0.258 e. The zero-order valence-corrected chi connectivity index (χ0v) is 15.4. The van der Waals surface area contributed by atoms with E-state index in [1.807, 2.05) is 0 Å². The van der Waals surface area contributed by atoms with E-state index >= 15 is 0 Å². The third-order valence-corrected chi connectivity index (χ3v) is 4.15. The Morgan fingerprint density at radius 2 is 2.08 bits per heavy atom. The van der Waals surface area contributed by atoms with Gasteiger partial charge < -0.3 is 10.1 Å². The van der Waals surface area contributed by atoms with Crippen LogP contribution in [-0.2, 0) is 7.05 Å². The fraction of sp³-hybridized carbons (Fsp3) is 0.389. The fourth-order valence-corrected chi connectivity index (χ4v) is 2.77. The Morgan fingerprint density at radius 1 is 1.38 bits per heavy atom. The lowest BCUT2D eigenvalue weighted by atomic mass is 9.98. The van der Waals surface area contributed by atoms with E-state index in [2.05, 4.69) is 26.6 Å². The number of ether oxygens (including phenoxy) is 1. The van der Waals surface area contributed by atoms with Crippen LogP contribution in [0.2, 0.25) is 0 Å². The summed E-state index contributed by atoms with van der Waals surface area (Å²) in [5.74, 6) is 4.36. The molecule has 2 N–H and O–H groups in total. The van der Waals surface area contributed by atoms with Gasteiger partial charge in [-0.25, -0.2) is 4.68 Å². The van der Waals surface area contributed by atoms with Crippen LogP contribution < -0.4 is 15.4 Å². The summed E-state index contributed by atoms with van der Waals surface area (Å²) < 4.78 is 6.91. The lowest BCUT2D eigenvalue weighted by molar-refractivity contribution is 0.102. The lowest BCUT2D eigenvalue weighted by Gasteiger charge is -2.19. The molecule has 2 aromatic rings. The zero-order valence-electron chi connectivity index (χ0n) is 14.6. The molecule has 138 valence electrons. The minimum atomic E-state index is -0.240. The number of rotatable bonds is 5. The van der Waals surface area contributed by atoms with Gasteiger partial charge in [0.25, 0.3) is 5.91 Å². The molecule has 0 atom stereocenters. The van der Waals surface area contributed by atoms with Gasteiger partial charge in [0.05, 0.1) is 0 Å². The first-order valence-corrected chi connectivity index (χ1v) is 8.26. The van der Waals surface area contributed by atoms with E-state index in [4.69, 9.17) is 11.2 Å². The number of amides is 1. The topological polar surface area (TPSA) is 81.1 Å². The molecule has 1 aromatic carbocycles. The van der Waals surface area contributed by atoms with Gasteiger partial charge in [-0.05, 0) is 50.2 Å². The fourth-order valence-electron chi connectivity index (χ4n) is 2.77. The molecule has 8 heteroatoms. The number of piperidine rings is 1. The van der Waals surface area contributed by atoms with Crippen molar-refractivity contribution < 1.29 is 9.53 Å². The summed E-state index contributed by atoms with van der Waals surface area (Å²) in [4.78, 5) is 16.9. The number of carbonyl (C=O) groups is 1. The highest BCUT2D eigenvalue weighted by atomic mass is 35.5. The molecule has 0 aliphatic carbocycles. The predicted molar refractivity (Wildman–Crippen MR) is 102 cm³/mol. The number of benzene rings is 1. The average Bonchev–Trinajstić information content (AvgIpc) is 3.01. The molecular formula is C18H22ClN5O2.